The molecule has 2 N–H and O–H groups in total. The first-order chi connectivity index (χ1) is 9.65. The Morgan fingerprint density at radius 1 is 1.40 bits per heavy atom. The van der Waals surface area contributed by atoms with Crippen molar-refractivity contribution in [1.82, 2.24) is 10.6 Å². The molecule has 0 aromatic heterocycles. The van der Waals surface area contributed by atoms with Gasteiger partial charge in [0.05, 0.1) is 4.92 Å². The second-order valence-corrected chi connectivity index (χ2v) is 4.73. The maximum Gasteiger partial charge on any atom is 0.269 e. The predicted molar refractivity (Wildman–Crippen MR) is 76.2 cm³/mol. The van der Waals surface area contributed by atoms with Gasteiger partial charge in [0.1, 0.15) is 0 Å². The van der Waals surface area contributed by atoms with E-state index in [2.05, 4.69) is 10.6 Å². The lowest BCUT2D eigenvalue weighted by Gasteiger charge is -2.23. The molecule has 1 amide bonds. The monoisotopic (exact) mass is 275 g/mol. The molecule has 2 rings (SSSR count). The van der Waals surface area contributed by atoms with Crippen LogP contribution in [0, 0.1) is 10.1 Å². The second kappa shape index (κ2) is 6.81. The van der Waals surface area contributed by atoms with Crippen LogP contribution >= 0.6 is 0 Å². The zero-order valence-corrected chi connectivity index (χ0v) is 11.0. The van der Waals surface area contributed by atoms with Crippen molar-refractivity contribution >= 4 is 17.7 Å². The van der Waals surface area contributed by atoms with Gasteiger partial charge in [-0.25, -0.2) is 0 Å². The molecule has 0 aliphatic carbocycles. The Hall–Kier alpha value is -2.21. The SMILES string of the molecule is O=C(/C=C/c1ccc([N+](=O)[O-])cc1)N[C@@H]1CCCNC1. The summed E-state index contributed by atoms with van der Waals surface area (Å²) in [6.07, 6.45) is 5.16. The molecule has 6 nitrogen and oxygen atoms in total. The van der Waals surface area contributed by atoms with Gasteiger partial charge in [-0.15, -0.1) is 0 Å². The Bertz CT molecular complexity index is 505. The molecule has 106 valence electrons. The van der Waals surface area contributed by atoms with E-state index in [-0.39, 0.29) is 17.6 Å². The first-order valence-corrected chi connectivity index (χ1v) is 6.59. The third kappa shape index (κ3) is 4.17. The minimum absolute atomic E-state index is 0.0416. The minimum atomic E-state index is -0.448. The van der Waals surface area contributed by atoms with Crippen LogP contribution in [0.25, 0.3) is 6.08 Å². The van der Waals surface area contributed by atoms with E-state index < -0.39 is 4.92 Å². The molecule has 1 fully saturated rings. The summed E-state index contributed by atoms with van der Waals surface area (Å²) in [7, 11) is 0. The average molecular weight is 275 g/mol. The van der Waals surface area contributed by atoms with Gasteiger partial charge in [0, 0.05) is 30.8 Å². The van der Waals surface area contributed by atoms with E-state index in [1.54, 1.807) is 18.2 Å². The van der Waals surface area contributed by atoms with Gasteiger partial charge >= 0.3 is 0 Å². The van der Waals surface area contributed by atoms with Crippen molar-refractivity contribution in [2.45, 2.75) is 18.9 Å². The molecular formula is C14H17N3O3. The van der Waals surface area contributed by atoms with Crippen LogP contribution < -0.4 is 10.6 Å². The number of rotatable bonds is 4. The topological polar surface area (TPSA) is 84.3 Å². The van der Waals surface area contributed by atoms with Gasteiger partial charge in [0.15, 0.2) is 0 Å². The van der Waals surface area contributed by atoms with Gasteiger partial charge in [-0.3, -0.25) is 14.9 Å². The molecule has 0 radical (unpaired) electrons. The molecule has 1 aliphatic rings. The van der Waals surface area contributed by atoms with Crippen LogP contribution in [0.5, 0.6) is 0 Å². The largest absolute Gasteiger partial charge is 0.349 e. The van der Waals surface area contributed by atoms with E-state index in [1.165, 1.54) is 18.2 Å². The molecule has 20 heavy (non-hydrogen) atoms. The fraction of sp³-hybridized carbons (Fsp3) is 0.357. The van der Waals surface area contributed by atoms with Crippen LogP contribution in [0.4, 0.5) is 5.69 Å². The summed E-state index contributed by atoms with van der Waals surface area (Å²) in [6.45, 7) is 1.81. The number of nitrogens with zero attached hydrogens (tertiary/aromatic N) is 1. The van der Waals surface area contributed by atoms with Crippen LogP contribution in [0.15, 0.2) is 30.3 Å². The summed E-state index contributed by atoms with van der Waals surface area (Å²) in [4.78, 5) is 21.8. The molecule has 6 heteroatoms. The Balaban J connectivity index is 1.87. The number of hydrogen-bond donors (Lipinski definition) is 2. The Morgan fingerprint density at radius 2 is 2.15 bits per heavy atom. The lowest BCUT2D eigenvalue weighted by molar-refractivity contribution is -0.384. The highest BCUT2D eigenvalue weighted by Gasteiger charge is 2.13. The maximum atomic E-state index is 11.7. The molecule has 0 spiro atoms. The number of carbonyl (C=O) groups is 1. The van der Waals surface area contributed by atoms with Crippen molar-refractivity contribution < 1.29 is 9.72 Å². The molecular weight excluding hydrogens is 258 g/mol. The summed E-state index contributed by atoms with van der Waals surface area (Å²) < 4.78 is 0. The number of nitrogens with one attached hydrogen (secondary N) is 2. The normalized spacial score (nSPS) is 18.9. The summed E-state index contributed by atoms with van der Waals surface area (Å²) >= 11 is 0. The highest BCUT2D eigenvalue weighted by Crippen LogP contribution is 2.12. The van der Waals surface area contributed by atoms with Crippen LogP contribution in [-0.4, -0.2) is 30.0 Å². The van der Waals surface area contributed by atoms with E-state index in [1.807, 2.05) is 0 Å². The molecule has 0 bridgehead atoms. The number of hydrogen-bond acceptors (Lipinski definition) is 4. The molecule has 1 aromatic rings. The number of nitro benzene ring substituents is 1. The van der Waals surface area contributed by atoms with Gasteiger partial charge in [-0.05, 0) is 43.2 Å². The van der Waals surface area contributed by atoms with Crippen LogP contribution in [0.3, 0.4) is 0 Å². The maximum absolute atomic E-state index is 11.7. The zero-order valence-electron chi connectivity index (χ0n) is 11.0. The highest BCUT2D eigenvalue weighted by molar-refractivity contribution is 5.91. The fourth-order valence-electron chi connectivity index (χ4n) is 2.10. The molecule has 0 saturated carbocycles. The van der Waals surface area contributed by atoms with E-state index in [4.69, 9.17) is 0 Å². The first kappa shape index (κ1) is 14.2. The number of nitro groups is 1. The van der Waals surface area contributed by atoms with Crippen LogP contribution in [0.1, 0.15) is 18.4 Å². The third-order valence-corrected chi connectivity index (χ3v) is 3.17. The Morgan fingerprint density at radius 3 is 2.75 bits per heavy atom. The van der Waals surface area contributed by atoms with Crippen molar-refractivity contribution in [2.75, 3.05) is 13.1 Å². The molecule has 0 unspecified atom stereocenters. The number of amides is 1. The van der Waals surface area contributed by atoms with Crippen LogP contribution in [-0.2, 0) is 4.79 Å². The van der Waals surface area contributed by atoms with Crippen molar-refractivity contribution in [2.24, 2.45) is 0 Å². The number of non-ortho nitro benzene ring substituents is 1. The van der Waals surface area contributed by atoms with Crippen LogP contribution in [0.2, 0.25) is 0 Å². The van der Waals surface area contributed by atoms with Gasteiger partial charge in [-0.2, -0.15) is 0 Å². The molecule has 1 saturated heterocycles. The van der Waals surface area contributed by atoms with Gasteiger partial charge in [0.2, 0.25) is 5.91 Å². The standard InChI is InChI=1S/C14H17N3O3/c18-14(16-12-2-1-9-15-10-12)8-5-11-3-6-13(7-4-11)17(19)20/h3-8,12,15H,1-2,9-10H2,(H,16,18)/b8-5+/t12-/m1/s1. The van der Waals surface area contributed by atoms with E-state index in [0.29, 0.717) is 0 Å². The molecule has 1 aromatic carbocycles. The van der Waals surface area contributed by atoms with Gasteiger partial charge in [-0.1, -0.05) is 0 Å². The van der Waals surface area contributed by atoms with Crippen molar-refractivity contribution in [3.05, 3.63) is 46.0 Å². The Kier molecular flexibility index (Phi) is 4.84. The quantitative estimate of drug-likeness (QED) is 0.495. The molecule has 1 aliphatic heterocycles. The van der Waals surface area contributed by atoms with Gasteiger partial charge < -0.3 is 10.6 Å². The van der Waals surface area contributed by atoms with Crippen molar-refractivity contribution in [3.8, 4) is 0 Å². The first-order valence-electron chi connectivity index (χ1n) is 6.59. The van der Waals surface area contributed by atoms with E-state index in [0.717, 1.165) is 31.5 Å². The summed E-state index contributed by atoms with van der Waals surface area (Å²) in [5.74, 6) is -0.142. The van der Waals surface area contributed by atoms with Gasteiger partial charge in [0.25, 0.3) is 5.69 Å². The summed E-state index contributed by atoms with van der Waals surface area (Å²) in [5.41, 5.74) is 0.799. The molecule has 1 atom stereocenters. The predicted octanol–water partition coefficient (Wildman–Crippen LogP) is 1.48. The van der Waals surface area contributed by atoms with Crippen molar-refractivity contribution in [3.63, 3.8) is 0 Å². The van der Waals surface area contributed by atoms with Crippen molar-refractivity contribution in [1.29, 1.82) is 0 Å². The zero-order chi connectivity index (χ0) is 14.4. The third-order valence-electron chi connectivity index (χ3n) is 3.17. The smallest absolute Gasteiger partial charge is 0.269 e. The lowest BCUT2D eigenvalue weighted by Crippen LogP contribution is -2.45. The Labute approximate surface area is 117 Å². The highest BCUT2D eigenvalue weighted by atomic mass is 16.6. The summed E-state index contributed by atoms with van der Waals surface area (Å²) in [6, 6.07) is 6.25. The molecule has 1 heterocycles. The lowest BCUT2D eigenvalue weighted by atomic mass is 10.1. The fourth-order valence-corrected chi connectivity index (χ4v) is 2.10. The number of piperidine rings is 1. The number of benzene rings is 1. The number of carbonyl (C=O) groups excluding carboxylic acids is 1. The minimum Gasteiger partial charge on any atom is -0.349 e. The van der Waals surface area contributed by atoms with E-state index >= 15 is 0 Å². The average Bonchev–Trinajstić information content (AvgIpc) is 2.46. The summed E-state index contributed by atoms with van der Waals surface area (Å²) in [5, 5.41) is 16.7. The van der Waals surface area contributed by atoms with E-state index in [9.17, 15) is 14.9 Å². The second-order valence-electron chi connectivity index (χ2n) is 4.73.